The molecule has 0 radical (unpaired) electrons. The third kappa shape index (κ3) is 2.92. The summed E-state index contributed by atoms with van der Waals surface area (Å²) in [7, 11) is 0. The van der Waals surface area contributed by atoms with Crippen molar-refractivity contribution in [3.63, 3.8) is 0 Å². The molecule has 0 aliphatic carbocycles. The SMILES string of the molecule is Cc1ccc(Br)cc1Nc1cc(Br)ccc1C#N. The Bertz CT molecular complexity index is 630. The summed E-state index contributed by atoms with van der Waals surface area (Å²) < 4.78 is 1.95. The van der Waals surface area contributed by atoms with E-state index in [4.69, 9.17) is 5.26 Å². The summed E-state index contributed by atoms with van der Waals surface area (Å²) in [5, 5.41) is 12.4. The van der Waals surface area contributed by atoms with Crippen molar-refractivity contribution in [2.45, 2.75) is 6.92 Å². The zero-order chi connectivity index (χ0) is 13.1. The lowest BCUT2D eigenvalue weighted by Gasteiger charge is -2.11. The molecule has 0 saturated heterocycles. The van der Waals surface area contributed by atoms with Gasteiger partial charge in [0.1, 0.15) is 6.07 Å². The fourth-order valence-corrected chi connectivity index (χ4v) is 2.31. The number of halogens is 2. The molecule has 0 saturated carbocycles. The predicted molar refractivity (Wildman–Crippen MR) is 81.0 cm³/mol. The molecule has 0 amide bonds. The van der Waals surface area contributed by atoms with Crippen molar-refractivity contribution in [1.29, 1.82) is 5.26 Å². The van der Waals surface area contributed by atoms with Crippen LogP contribution in [-0.4, -0.2) is 0 Å². The number of benzene rings is 2. The molecule has 0 heterocycles. The van der Waals surface area contributed by atoms with Crippen LogP contribution >= 0.6 is 31.9 Å². The summed E-state index contributed by atoms with van der Waals surface area (Å²) in [6, 6.07) is 13.7. The molecule has 0 fully saturated rings. The second kappa shape index (κ2) is 5.55. The van der Waals surface area contributed by atoms with E-state index in [9.17, 15) is 0 Å². The molecule has 0 aromatic heterocycles. The normalized spacial score (nSPS) is 9.89. The number of rotatable bonds is 2. The maximum atomic E-state index is 9.10. The van der Waals surface area contributed by atoms with Gasteiger partial charge < -0.3 is 5.32 Å². The van der Waals surface area contributed by atoms with Crippen LogP contribution in [0.15, 0.2) is 45.3 Å². The molecule has 2 nitrogen and oxygen atoms in total. The lowest BCUT2D eigenvalue weighted by atomic mass is 10.1. The molecule has 0 atom stereocenters. The number of nitrogens with zero attached hydrogens (tertiary/aromatic N) is 1. The van der Waals surface area contributed by atoms with Crippen molar-refractivity contribution < 1.29 is 0 Å². The van der Waals surface area contributed by atoms with Crippen molar-refractivity contribution in [1.82, 2.24) is 0 Å². The van der Waals surface area contributed by atoms with Crippen molar-refractivity contribution >= 4 is 43.2 Å². The molecule has 0 aliphatic rings. The Balaban J connectivity index is 2.43. The Morgan fingerprint density at radius 2 is 1.61 bits per heavy atom. The highest BCUT2D eigenvalue weighted by molar-refractivity contribution is 9.10. The lowest BCUT2D eigenvalue weighted by molar-refractivity contribution is 1.40. The predicted octanol–water partition coefficient (Wildman–Crippen LogP) is 5.14. The Labute approximate surface area is 123 Å². The second-order valence-corrected chi connectivity index (χ2v) is 5.72. The van der Waals surface area contributed by atoms with Crippen molar-refractivity contribution in [3.05, 3.63) is 56.5 Å². The zero-order valence-corrected chi connectivity index (χ0v) is 12.8. The van der Waals surface area contributed by atoms with Crippen LogP contribution in [0.1, 0.15) is 11.1 Å². The molecule has 1 N–H and O–H groups in total. The smallest absolute Gasteiger partial charge is 0.101 e. The van der Waals surface area contributed by atoms with Gasteiger partial charge in [-0.05, 0) is 42.8 Å². The van der Waals surface area contributed by atoms with E-state index in [2.05, 4.69) is 43.2 Å². The maximum absolute atomic E-state index is 9.10. The van der Waals surface area contributed by atoms with Gasteiger partial charge >= 0.3 is 0 Å². The van der Waals surface area contributed by atoms with Gasteiger partial charge in [0, 0.05) is 14.6 Å². The van der Waals surface area contributed by atoms with E-state index in [1.807, 2.05) is 37.3 Å². The average molecular weight is 366 g/mol. The summed E-state index contributed by atoms with van der Waals surface area (Å²) >= 11 is 6.86. The lowest BCUT2D eigenvalue weighted by Crippen LogP contribution is -1.96. The Morgan fingerprint density at radius 3 is 2.28 bits per heavy atom. The van der Waals surface area contributed by atoms with Crippen molar-refractivity contribution in [3.8, 4) is 6.07 Å². The fourth-order valence-electron chi connectivity index (χ4n) is 1.59. The zero-order valence-electron chi connectivity index (χ0n) is 9.67. The van der Waals surface area contributed by atoms with E-state index in [0.29, 0.717) is 5.56 Å². The van der Waals surface area contributed by atoms with Gasteiger partial charge in [0.2, 0.25) is 0 Å². The molecule has 2 aromatic rings. The number of hydrogen-bond donors (Lipinski definition) is 1. The van der Waals surface area contributed by atoms with Gasteiger partial charge in [-0.15, -0.1) is 0 Å². The van der Waals surface area contributed by atoms with Gasteiger partial charge in [-0.3, -0.25) is 0 Å². The van der Waals surface area contributed by atoms with E-state index < -0.39 is 0 Å². The van der Waals surface area contributed by atoms with E-state index in [1.165, 1.54) is 0 Å². The van der Waals surface area contributed by atoms with Crippen LogP contribution in [0, 0.1) is 18.3 Å². The number of anilines is 2. The Kier molecular flexibility index (Phi) is 4.05. The summed E-state index contributed by atoms with van der Waals surface area (Å²) in [4.78, 5) is 0. The molecule has 0 bridgehead atoms. The minimum Gasteiger partial charge on any atom is -0.354 e. The maximum Gasteiger partial charge on any atom is 0.101 e. The molecule has 0 unspecified atom stereocenters. The van der Waals surface area contributed by atoms with Gasteiger partial charge in [-0.25, -0.2) is 0 Å². The number of nitrogens with one attached hydrogen (secondary N) is 1. The average Bonchev–Trinajstić information content (AvgIpc) is 2.34. The number of hydrogen-bond acceptors (Lipinski definition) is 2. The van der Waals surface area contributed by atoms with Crippen LogP contribution in [0.4, 0.5) is 11.4 Å². The second-order valence-electron chi connectivity index (χ2n) is 3.89. The van der Waals surface area contributed by atoms with E-state index in [1.54, 1.807) is 6.07 Å². The first-order valence-electron chi connectivity index (χ1n) is 5.33. The molecule has 90 valence electrons. The standard InChI is InChI=1S/C14H10Br2N2/c1-9-2-4-11(15)6-13(9)18-14-7-12(16)5-3-10(14)8-17/h2-7,18H,1H3. The molecule has 2 rings (SSSR count). The topological polar surface area (TPSA) is 35.8 Å². The van der Waals surface area contributed by atoms with Crippen LogP contribution in [0.2, 0.25) is 0 Å². The minimum absolute atomic E-state index is 0.623. The molecule has 0 spiro atoms. The third-order valence-electron chi connectivity index (χ3n) is 2.57. The quantitative estimate of drug-likeness (QED) is 0.800. The molecule has 4 heteroatoms. The van der Waals surface area contributed by atoms with Gasteiger partial charge in [0.15, 0.2) is 0 Å². The van der Waals surface area contributed by atoms with Crippen LogP contribution < -0.4 is 5.32 Å². The highest BCUT2D eigenvalue weighted by atomic mass is 79.9. The first kappa shape index (κ1) is 13.1. The van der Waals surface area contributed by atoms with Gasteiger partial charge in [0.25, 0.3) is 0 Å². The minimum atomic E-state index is 0.623. The molecule has 2 aromatic carbocycles. The summed E-state index contributed by atoms with van der Waals surface area (Å²) in [6.45, 7) is 2.03. The van der Waals surface area contributed by atoms with E-state index in [0.717, 1.165) is 25.9 Å². The molecular weight excluding hydrogens is 356 g/mol. The highest BCUT2D eigenvalue weighted by Gasteiger charge is 2.05. The van der Waals surface area contributed by atoms with Gasteiger partial charge in [-0.1, -0.05) is 37.9 Å². The third-order valence-corrected chi connectivity index (χ3v) is 3.56. The summed E-state index contributed by atoms with van der Waals surface area (Å²) in [5.74, 6) is 0. The Morgan fingerprint density at radius 1 is 1.00 bits per heavy atom. The first-order chi connectivity index (χ1) is 8.60. The highest BCUT2D eigenvalue weighted by Crippen LogP contribution is 2.28. The van der Waals surface area contributed by atoms with Crippen LogP contribution in [0.5, 0.6) is 0 Å². The van der Waals surface area contributed by atoms with Crippen molar-refractivity contribution in [2.24, 2.45) is 0 Å². The van der Waals surface area contributed by atoms with E-state index in [-0.39, 0.29) is 0 Å². The number of nitriles is 1. The first-order valence-corrected chi connectivity index (χ1v) is 6.91. The molecule has 0 aliphatic heterocycles. The van der Waals surface area contributed by atoms with Crippen molar-refractivity contribution in [2.75, 3.05) is 5.32 Å². The Hall–Kier alpha value is -1.31. The fraction of sp³-hybridized carbons (Fsp3) is 0.0714. The monoisotopic (exact) mass is 364 g/mol. The van der Waals surface area contributed by atoms with Crippen LogP contribution in [0.3, 0.4) is 0 Å². The van der Waals surface area contributed by atoms with E-state index >= 15 is 0 Å². The largest absolute Gasteiger partial charge is 0.354 e. The van der Waals surface area contributed by atoms with Gasteiger partial charge in [0.05, 0.1) is 11.3 Å². The molecular formula is C14H10Br2N2. The summed E-state index contributed by atoms with van der Waals surface area (Å²) in [5.41, 5.74) is 3.53. The van der Waals surface area contributed by atoms with Crippen LogP contribution in [-0.2, 0) is 0 Å². The van der Waals surface area contributed by atoms with Gasteiger partial charge in [-0.2, -0.15) is 5.26 Å². The van der Waals surface area contributed by atoms with Crippen LogP contribution in [0.25, 0.3) is 0 Å². The number of aryl methyl sites for hydroxylation is 1. The molecule has 18 heavy (non-hydrogen) atoms. The summed E-state index contributed by atoms with van der Waals surface area (Å²) in [6.07, 6.45) is 0.